The highest BCUT2D eigenvalue weighted by Crippen LogP contribution is 2.33. The van der Waals surface area contributed by atoms with Crippen LogP contribution in [-0.4, -0.2) is 0 Å². The van der Waals surface area contributed by atoms with Crippen LogP contribution >= 0.6 is 27.3 Å². The van der Waals surface area contributed by atoms with Crippen molar-refractivity contribution < 1.29 is 8.81 Å². The predicted molar refractivity (Wildman–Crippen MR) is 77.4 cm³/mol. The second-order valence-electron chi connectivity index (χ2n) is 4.05. The molecule has 0 amide bonds. The Morgan fingerprint density at radius 1 is 1.32 bits per heavy atom. The van der Waals surface area contributed by atoms with E-state index in [1.54, 1.807) is 23.5 Å². The van der Waals surface area contributed by atoms with E-state index < -0.39 is 0 Å². The smallest absolute Gasteiger partial charge is 0.169 e. The molecule has 1 aromatic carbocycles. The van der Waals surface area contributed by atoms with Gasteiger partial charge in [0, 0.05) is 10.3 Å². The number of furan rings is 1. The van der Waals surface area contributed by atoms with Gasteiger partial charge in [0.25, 0.3) is 0 Å². The summed E-state index contributed by atoms with van der Waals surface area (Å²) < 4.78 is 20.2. The van der Waals surface area contributed by atoms with Crippen molar-refractivity contribution in [3.8, 4) is 0 Å². The normalized spacial score (nSPS) is 13.0. The minimum Gasteiger partial charge on any atom is -0.456 e. The summed E-state index contributed by atoms with van der Waals surface area (Å²) in [4.78, 5) is 0.994. The van der Waals surface area contributed by atoms with E-state index in [4.69, 9.17) is 10.3 Å². The molecule has 3 nitrogen and oxygen atoms in total. The summed E-state index contributed by atoms with van der Waals surface area (Å²) in [5.41, 5.74) is 2.96. The summed E-state index contributed by atoms with van der Waals surface area (Å²) in [6.07, 6.45) is 0. The molecule has 0 bridgehead atoms. The Balaban J connectivity index is 2.09. The van der Waals surface area contributed by atoms with Crippen LogP contribution in [0.3, 0.4) is 0 Å². The summed E-state index contributed by atoms with van der Waals surface area (Å²) in [6, 6.07) is 10.2. The van der Waals surface area contributed by atoms with E-state index in [2.05, 4.69) is 21.4 Å². The van der Waals surface area contributed by atoms with Gasteiger partial charge in [-0.2, -0.15) is 0 Å². The fourth-order valence-electron chi connectivity index (χ4n) is 1.98. The van der Waals surface area contributed by atoms with Crippen LogP contribution in [0, 0.1) is 5.82 Å². The maximum Gasteiger partial charge on any atom is 0.169 e. The summed E-state index contributed by atoms with van der Waals surface area (Å²) in [5.74, 6) is 5.82. The maximum absolute atomic E-state index is 13.6. The van der Waals surface area contributed by atoms with Gasteiger partial charge in [0.2, 0.25) is 0 Å². The second kappa shape index (κ2) is 5.05. The fourth-order valence-corrected chi connectivity index (χ4v) is 3.47. The van der Waals surface area contributed by atoms with Crippen LogP contribution in [0.5, 0.6) is 0 Å². The average molecular weight is 341 g/mol. The number of hydrogen-bond acceptors (Lipinski definition) is 4. The van der Waals surface area contributed by atoms with Crippen molar-refractivity contribution in [2.45, 2.75) is 6.04 Å². The lowest BCUT2D eigenvalue weighted by Crippen LogP contribution is -2.27. The first kappa shape index (κ1) is 12.8. The first-order valence-corrected chi connectivity index (χ1v) is 7.19. The quantitative estimate of drug-likeness (QED) is 0.560. The van der Waals surface area contributed by atoms with Gasteiger partial charge in [-0.1, -0.05) is 12.1 Å². The average Bonchev–Trinajstić information content (AvgIpc) is 2.98. The zero-order chi connectivity index (χ0) is 13.4. The molecule has 3 N–H and O–H groups in total. The van der Waals surface area contributed by atoms with Gasteiger partial charge in [-0.3, -0.25) is 5.84 Å². The molecule has 2 heterocycles. The van der Waals surface area contributed by atoms with E-state index >= 15 is 0 Å². The monoisotopic (exact) mass is 340 g/mol. The molecule has 0 aliphatic carbocycles. The molecule has 0 radical (unpaired) electrons. The van der Waals surface area contributed by atoms with Crippen LogP contribution in [0.1, 0.15) is 16.7 Å². The number of fused-ring (bicyclic) bond motifs is 1. The molecular weight excluding hydrogens is 331 g/mol. The molecule has 2 aromatic heterocycles. The van der Waals surface area contributed by atoms with Crippen molar-refractivity contribution in [1.82, 2.24) is 5.43 Å². The Kier molecular flexibility index (Phi) is 3.40. The van der Waals surface area contributed by atoms with Gasteiger partial charge in [-0.25, -0.2) is 9.82 Å². The summed E-state index contributed by atoms with van der Waals surface area (Å²) in [7, 11) is 0. The lowest BCUT2D eigenvalue weighted by atomic mass is 10.2. The number of hydrazine groups is 1. The largest absolute Gasteiger partial charge is 0.456 e. The molecule has 1 unspecified atom stereocenters. The number of hydrogen-bond donors (Lipinski definition) is 2. The number of halogens is 2. The van der Waals surface area contributed by atoms with Gasteiger partial charge in [-0.15, -0.1) is 11.3 Å². The Hall–Kier alpha value is -1.21. The Bertz CT molecular complexity index is 724. The molecule has 0 aliphatic rings. The minimum absolute atomic E-state index is 0.258. The van der Waals surface area contributed by atoms with Crippen molar-refractivity contribution in [1.29, 1.82) is 0 Å². The van der Waals surface area contributed by atoms with E-state index in [0.717, 1.165) is 14.0 Å². The van der Waals surface area contributed by atoms with Crippen LogP contribution in [0.15, 0.2) is 44.6 Å². The lowest BCUT2D eigenvalue weighted by Gasteiger charge is -2.10. The second-order valence-corrected chi connectivity index (χ2v) is 6.54. The standard InChI is InChI=1S/C13H10BrFN2OS/c14-11-5-4-10(19-11)12(17-16)9-6-7-2-1-3-8(15)13(7)18-9/h1-6,12,17H,16H2. The SMILES string of the molecule is NNC(c1cc2cccc(F)c2o1)c1ccc(Br)s1. The number of nitrogens with one attached hydrogen (secondary N) is 1. The number of para-hydroxylation sites is 1. The first-order valence-electron chi connectivity index (χ1n) is 5.58. The first-order chi connectivity index (χ1) is 9.19. The van der Waals surface area contributed by atoms with Gasteiger partial charge in [0.15, 0.2) is 11.4 Å². The number of nitrogens with two attached hydrogens (primary N) is 1. The Morgan fingerprint density at radius 3 is 2.79 bits per heavy atom. The van der Waals surface area contributed by atoms with Crippen LogP contribution in [0.2, 0.25) is 0 Å². The highest BCUT2D eigenvalue weighted by atomic mass is 79.9. The van der Waals surface area contributed by atoms with Crippen molar-refractivity contribution in [3.05, 3.63) is 56.6 Å². The van der Waals surface area contributed by atoms with Crippen molar-refractivity contribution >= 4 is 38.2 Å². The summed E-state index contributed by atoms with van der Waals surface area (Å²) >= 11 is 4.96. The van der Waals surface area contributed by atoms with E-state index in [9.17, 15) is 4.39 Å². The molecule has 1 atom stereocenters. The summed E-state index contributed by atoms with van der Waals surface area (Å²) in [5, 5.41) is 0.728. The van der Waals surface area contributed by atoms with E-state index in [0.29, 0.717) is 5.76 Å². The molecule has 0 saturated carbocycles. The van der Waals surface area contributed by atoms with Gasteiger partial charge in [-0.05, 0) is 40.2 Å². The lowest BCUT2D eigenvalue weighted by molar-refractivity contribution is 0.468. The number of rotatable bonds is 3. The third-order valence-electron chi connectivity index (χ3n) is 2.84. The molecular formula is C13H10BrFN2OS. The van der Waals surface area contributed by atoms with Gasteiger partial charge in [0.05, 0.1) is 3.79 Å². The molecule has 0 saturated heterocycles. The molecule has 0 fully saturated rings. The molecule has 19 heavy (non-hydrogen) atoms. The van der Waals surface area contributed by atoms with Crippen molar-refractivity contribution in [2.75, 3.05) is 0 Å². The van der Waals surface area contributed by atoms with Crippen molar-refractivity contribution in [2.24, 2.45) is 5.84 Å². The number of benzene rings is 1. The van der Waals surface area contributed by atoms with Crippen molar-refractivity contribution in [3.63, 3.8) is 0 Å². The third-order valence-corrected chi connectivity index (χ3v) is 4.53. The van der Waals surface area contributed by atoms with Crippen LogP contribution in [0.25, 0.3) is 11.0 Å². The molecule has 3 rings (SSSR count). The minimum atomic E-state index is -0.369. The highest BCUT2D eigenvalue weighted by molar-refractivity contribution is 9.11. The predicted octanol–water partition coefficient (Wildman–Crippen LogP) is 3.95. The zero-order valence-corrected chi connectivity index (χ0v) is 12.1. The van der Waals surface area contributed by atoms with Crippen LogP contribution in [-0.2, 0) is 0 Å². The Morgan fingerprint density at radius 2 is 2.16 bits per heavy atom. The van der Waals surface area contributed by atoms with E-state index in [1.165, 1.54) is 6.07 Å². The molecule has 6 heteroatoms. The fraction of sp³-hybridized carbons (Fsp3) is 0.0769. The molecule has 0 spiro atoms. The van der Waals surface area contributed by atoms with Crippen LogP contribution < -0.4 is 11.3 Å². The van der Waals surface area contributed by atoms with Gasteiger partial charge < -0.3 is 4.42 Å². The molecule has 3 aromatic rings. The molecule has 0 aliphatic heterocycles. The van der Waals surface area contributed by atoms with Gasteiger partial charge >= 0.3 is 0 Å². The van der Waals surface area contributed by atoms with Gasteiger partial charge in [0.1, 0.15) is 11.8 Å². The molecule has 98 valence electrons. The van der Waals surface area contributed by atoms with E-state index in [1.807, 2.05) is 18.2 Å². The summed E-state index contributed by atoms with van der Waals surface area (Å²) in [6.45, 7) is 0. The van der Waals surface area contributed by atoms with E-state index in [-0.39, 0.29) is 17.4 Å². The maximum atomic E-state index is 13.6. The topological polar surface area (TPSA) is 51.2 Å². The highest BCUT2D eigenvalue weighted by Gasteiger charge is 2.20. The van der Waals surface area contributed by atoms with Crippen LogP contribution in [0.4, 0.5) is 4.39 Å². The Labute approximate surface area is 121 Å². The zero-order valence-electron chi connectivity index (χ0n) is 9.69. The number of thiophene rings is 1. The third kappa shape index (κ3) is 2.32.